The van der Waals surface area contributed by atoms with E-state index in [0.717, 1.165) is 18.8 Å². The van der Waals surface area contributed by atoms with Crippen molar-refractivity contribution in [3.05, 3.63) is 48.3 Å². The van der Waals surface area contributed by atoms with Gasteiger partial charge in [0.1, 0.15) is 5.82 Å². The van der Waals surface area contributed by atoms with Gasteiger partial charge in [-0.15, -0.1) is 0 Å². The molecule has 0 aliphatic carbocycles. The van der Waals surface area contributed by atoms with Crippen LogP contribution in [0, 0.1) is 0 Å². The number of imidazole rings is 1. The first kappa shape index (κ1) is 9.86. The Balaban J connectivity index is 1.99. The molecule has 0 bridgehead atoms. The highest BCUT2D eigenvalue weighted by Crippen LogP contribution is 2.02. The lowest BCUT2D eigenvalue weighted by Crippen LogP contribution is -2.09. The van der Waals surface area contributed by atoms with E-state index in [1.54, 1.807) is 12.4 Å². The summed E-state index contributed by atoms with van der Waals surface area (Å²) in [7, 11) is 0. The van der Waals surface area contributed by atoms with Gasteiger partial charge in [-0.1, -0.05) is 6.07 Å². The molecule has 2 aromatic heterocycles. The number of nitrogens with zero attached hydrogens (tertiary/aromatic N) is 3. The van der Waals surface area contributed by atoms with Gasteiger partial charge in [-0.25, -0.2) is 4.98 Å². The molecule has 0 radical (unpaired) electrons. The van der Waals surface area contributed by atoms with Crippen LogP contribution in [0.25, 0.3) is 0 Å². The molecule has 0 fully saturated rings. The molecule has 4 nitrogen and oxygen atoms in total. The zero-order chi connectivity index (χ0) is 10.5. The summed E-state index contributed by atoms with van der Waals surface area (Å²) < 4.78 is 2.08. The van der Waals surface area contributed by atoms with Crippen LogP contribution in [0.1, 0.15) is 11.4 Å². The molecule has 0 amide bonds. The van der Waals surface area contributed by atoms with Crippen LogP contribution in [0.5, 0.6) is 0 Å². The molecule has 2 N–H and O–H groups in total. The number of pyridine rings is 1. The van der Waals surface area contributed by atoms with Crippen molar-refractivity contribution in [3.8, 4) is 0 Å². The van der Waals surface area contributed by atoms with Gasteiger partial charge >= 0.3 is 0 Å². The minimum Gasteiger partial charge on any atom is -0.334 e. The number of hydrogen-bond donors (Lipinski definition) is 1. The summed E-state index contributed by atoms with van der Waals surface area (Å²) in [5, 5.41) is 0. The monoisotopic (exact) mass is 202 g/mol. The van der Waals surface area contributed by atoms with Crippen LogP contribution in [0.15, 0.2) is 36.9 Å². The molecule has 0 atom stereocenters. The van der Waals surface area contributed by atoms with Gasteiger partial charge in [-0.2, -0.15) is 0 Å². The Hall–Kier alpha value is -1.68. The van der Waals surface area contributed by atoms with Crippen molar-refractivity contribution in [3.63, 3.8) is 0 Å². The van der Waals surface area contributed by atoms with Crippen LogP contribution in [-0.4, -0.2) is 14.5 Å². The van der Waals surface area contributed by atoms with E-state index in [-0.39, 0.29) is 0 Å². The van der Waals surface area contributed by atoms with E-state index in [2.05, 4.69) is 20.6 Å². The van der Waals surface area contributed by atoms with Crippen LogP contribution in [0.3, 0.4) is 0 Å². The molecule has 15 heavy (non-hydrogen) atoms. The lowest BCUT2D eigenvalue weighted by Gasteiger charge is -2.05. The number of rotatable bonds is 4. The van der Waals surface area contributed by atoms with E-state index >= 15 is 0 Å². The third-order valence-corrected chi connectivity index (χ3v) is 2.35. The van der Waals surface area contributed by atoms with Gasteiger partial charge in [0.25, 0.3) is 0 Å². The quantitative estimate of drug-likeness (QED) is 0.804. The van der Waals surface area contributed by atoms with Gasteiger partial charge in [0.05, 0.1) is 6.54 Å². The van der Waals surface area contributed by atoms with Gasteiger partial charge in [-0.05, 0) is 18.1 Å². The predicted molar refractivity (Wildman–Crippen MR) is 58.1 cm³/mol. The molecule has 0 spiro atoms. The summed E-state index contributed by atoms with van der Waals surface area (Å²) in [5.74, 6) is 0.930. The first-order valence-electron chi connectivity index (χ1n) is 4.99. The second kappa shape index (κ2) is 4.70. The average Bonchev–Trinajstić information content (AvgIpc) is 2.75. The van der Waals surface area contributed by atoms with Gasteiger partial charge in [-0.3, -0.25) is 4.98 Å². The average molecular weight is 202 g/mol. The Bertz CT molecular complexity index is 408. The van der Waals surface area contributed by atoms with E-state index in [1.807, 2.05) is 18.5 Å². The molecule has 0 saturated heterocycles. The topological polar surface area (TPSA) is 56.7 Å². The van der Waals surface area contributed by atoms with Crippen molar-refractivity contribution in [1.82, 2.24) is 14.5 Å². The molecular weight excluding hydrogens is 188 g/mol. The molecule has 2 rings (SSSR count). The highest BCUT2D eigenvalue weighted by atomic mass is 15.1. The summed E-state index contributed by atoms with van der Waals surface area (Å²) >= 11 is 0. The van der Waals surface area contributed by atoms with Crippen LogP contribution in [0.2, 0.25) is 0 Å². The van der Waals surface area contributed by atoms with Crippen LogP contribution >= 0.6 is 0 Å². The van der Waals surface area contributed by atoms with Gasteiger partial charge in [0.2, 0.25) is 0 Å². The molecule has 78 valence electrons. The van der Waals surface area contributed by atoms with E-state index < -0.39 is 0 Å². The third kappa shape index (κ3) is 2.41. The van der Waals surface area contributed by atoms with Crippen molar-refractivity contribution >= 4 is 0 Å². The van der Waals surface area contributed by atoms with E-state index in [1.165, 1.54) is 5.56 Å². The second-order valence-electron chi connectivity index (χ2n) is 3.35. The molecule has 2 heterocycles. The molecular formula is C11H14N4. The van der Waals surface area contributed by atoms with Crippen molar-refractivity contribution < 1.29 is 0 Å². The van der Waals surface area contributed by atoms with Crippen molar-refractivity contribution in [2.24, 2.45) is 5.73 Å². The second-order valence-corrected chi connectivity index (χ2v) is 3.35. The van der Waals surface area contributed by atoms with Gasteiger partial charge in [0.15, 0.2) is 0 Å². The first-order chi connectivity index (χ1) is 7.40. The highest BCUT2D eigenvalue weighted by molar-refractivity contribution is 5.08. The van der Waals surface area contributed by atoms with Crippen LogP contribution < -0.4 is 5.73 Å². The molecule has 0 unspecified atom stereocenters. The lowest BCUT2D eigenvalue weighted by molar-refractivity contribution is 0.651. The summed E-state index contributed by atoms with van der Waals surface area (Å²) in [5.41, 5.74) is 6.80. The zero-order valence-corrected chi connectivity index (χ0v) is 8.50. The minimum atomic E-state index is 0.486. The van der Waals surface area contributed by atoms with E-state index in [9.17, 15) is 0 Å². The lowest BCUT2D eigenvalue weighted by atomic mass is 10.2. The normalized spacial score (nSPS) is 10.5. The Morgan fingerprint density at radius 1 is 1.33 bits per heavy atom. The SMILES string of the molecule is NCc1nccn1CCc1cccnc1. The Kier molecular flexibility index (Phi) is 3.09. The first-order valence-corrected chi connectivity index (χ1v) is 4.99. The standard InChI is InChI=1S/C11H14N4/c12-8-11-14-5-7-15(11)6-3-10-2-1-4-13-9-10/h1-2,4-5,7,9H,3,6,8,12H2. The predicted octanol–water partition coefficient (Wildman–Crippen LogP) is 0.979. The van der Waals surface area contributed by atoms with E-state index in [4.69, 9.17) is 5.73 Å². The fraction of sp³-hybridized carbons (Fsp3) is 0.273. The fourth-order valence-electron chi connectivity index (χ4n) is 1.53. The fourth-order valence-corrected chi connectivity index (χ4v) is 1.53. The minimum absolute atomic E-state index is 0.486. The summed E-state index contributed by atoms with van der Waals surface area (Å²) in [6.07, 6.45) is 8.37. The van der Waals surface area contributed by atoms with E-state index in [0.29, 0.717) is 6.54 Å². The number of hydrogen-bond acceptors (Lipinski definition) is 3. The maximum absolute atomic E-state index is 5.57. The van der Waals surface area contributed by atoms with Crippen molar-refractivity contribution in [2.75, 3.05) is 0 Å². The molecule has 0 aliphatic rings. The van der Waals surface area contributed by atoms with Crippen molar-refractivity contribution in [1.29, 1.82) is 0 Å². The largest absolute Gasteiger partial charge is 0.334 e. The van der Waals surface area contributed by atoms with Gasteiger partial charge in [0, 0.05) is 31.3 Å². The Morgan fingerprint density at radius 3 is 3.00 bits per heavy atom. The molecule has 0 aliphatic heterocycles. The van der Waals surface area contributed by atoms with Crippen molar-refractivity contribution in [2.45, 2.75) is 19.5 Å². The maximum Gasteiger partial charge on any atom is 0.122 e. The van der Waals surface area contributed by atoms with Gasteiger partial charge < -0.3 is 10.3 Å². The molecule has 0 saturated carbocycles. The van der Waals surface area contributed by atoms with Crippen LogP contribution in [-0.2, 0) is 19.5 Å². The molecule has 0 aromatic carbocycles. The highest BCUT2D eigenvalue weighted by Gasteiger charge is 2.00. The zero-order valence-electron chi connectivity index (χ0n) is 8.50. The maximum atomic E-state index is 5.57. The Morgan fingerprint density at radius 2 is 2.27 bits per heavy atom. The molecule has 2 aromatic rings. The summed E-state index contributed by atoms with van der Waals surface area (Å²) in [6, 6.07) is 4.03. The smallest absolute Gasteiger partial charge is 0.122 e. The Labute approximate surface area is 88.8 Å². The van der Waals surface area contributed by atoms with Crippen LogP contribution in [0.4, 0.5) is 0 Å². The number of aryl methyl sites for hydroxylation is 2. The number of nitrogens with two attached hydrogens (primary N) is 1. The molecule has 4 heteroatoms. The summed E-state index contributed by atoms with van der Waals surface area (Å²) in [6.45, 7) is 1.39. The summed E-state index contributed by atoms with van der Waals surface area (Å²) in [4.78, 5) is 8.25. The third-order valence-electron chi connectivity index (χ3n) is 2.35. The number of aromatic nitrogens is 3.